The van der Waals surface area contributed by atoms with Gasteiger partial charge in [-0.1, -0.05) is 0 Å². The number of amides is 1. The second kappa shape index (κ2) is 6.54. The van der Waals surface area contributed by atoms with E-state index in [1.54, 1.807) is 16.3 Å². The monoisotopic (exact) mass is 332 g/mol. The fourth-order valence-electron chi connectivity index (χ4n) is 2.08. The van der Waals surface area contributed by atoms with Gasteiger partial charge in [-0.15, -0.1) is 0 Å². The lowest BCUT2D eigenvalue weighted by Crippen LogP contribution is -2.51. The first-order chi connectivity index (χ1) is 9.90. The van der Waals surface area contributed by atoms with Crippen LogP contribution >= 0.6 is 11.3 Å². The highest BCUT2D eigenvalue weighted by Crippen LogP contribution is 2.14. The van der Waals surface area contributed by atoms with E-state index in [9.17, 15) is 18.0 Å². The molecule has 1 saturated heterocycles. The van der Waals surface area contributed by atoms with Gasteiger partial charge in [0, 0.05) is 31.6 Å². The molecule has 0 spiro atoms. The number of carbonyl (C=O) groups excluding carboxylic acids is 1. The van der Waals surface area contributed by atoms with Crippen LogP contribution in [0.15, 0.2) is 16.8 Å². The number of thiophene rings is 1. The van der Waals surface area contributed by atoms with Gasteiger partial charge in [0.15, 0.2) is 0 Å². The van der Waals surface area contributed by atoms with Gasteiger partial charge in [-0.05, 0) is 11.4 Å². The molecule has 1 aromatic rings. The van der Waals surface area contributed by atoms with Crippen molar-refractivity contribution in [3.05, 3.63) is 22.4 Å². The van der Waals surface area contributed by atoms with Crippen molar-refractivity contribution in [3.63, 3.8) is 0 Å². The van der Waals surface area contributed by atoms with Crippen molar-refractivity contribution in [3.8, 4) is 0 Å². The number of aliphatic carboxylic acids is 1. The standard InChI is InChI=1S/C12H16N2O5S2/c15-11(16)2-8-21(18,19)14-5-3-13(4-6-14)12(17)10-1-7-20-9-10/h1,7,9H,2-6,8H2,(H,15,16). The van der Waals surface area contributed by atoms with Crippen LogP contribution in [0.2, 0.25) is 0 Å². The molecule has 116 valence electrons. The number of nitrogens with zero attached hydrogens (tertiary/aromatic N) is 2. The molecule has 0 saturated carbocycles. The molecule has 7 nitrogen and oxygen atoms in total. The number of carboxylic acids is 1. The maximum Gasteiger partial charge on any atom is 0.304 e. The molecule has 0 atom stereocenters. The lowest BCUT2D eigenvalue weighted by molar-refractivity contribution is -0.136. The van der Waals surface area contributed by atoms with Crippen molar-refractivity contribution in [1.29, 1.82) is 0 Å². The van der Waals surface area contributed by atoms with Gasteiger partial charge < -0.3 is 10.0 Å². The Hall–Kier alpha value is -1.45. The van der Waals surface area contributed by atoms with E-state index in [1.807, 2.05) is 5.38 Å². The lowest BCUT2D eigenvalue weighted by atomic mass is 10.2. The molecule has 0 bridgehead atoms. The number of sulfonamides is 1. The maximum atomic E-state index is 12.1. The third-order valence-electron chi connectivity index (χ3n) is 3.26. The van der Waals surface area contributed by atoms with Gasteiger partial charge in [0.1, 0.15) is 0 Å². The quantitative estimate of drug-likeness (QED) is 0.837. The molecule has 0 unspecified atom stereocenters. The first-order valence-electron chi connectivity index (χ1n) is 6.41. The molecule has 1 aromatic heterocycles. The van der Waals surface area contributed by atoms with Gasteiger partial charge in [-0.3, -0.25) is 9.59 Å². The Balaban J connectivity index is 1.91. The minimum absolute atomic E-state index is 0.0983. The summed E-state index contributed by atoms with van der Waals surface area (Å²) in [5.41, 5.74) is 0.613. The van der Waals surface area contributed by atoms with E-state index in [1.165, 1.54) is 15.6 Å². The van der Waals surface area contributed by atoms with Gasteiger partial charge in [-0.2, -0.15) is 15.6 Å². The van der Waals surface area contributed by atoms with E-state index < -0.39 is 28.2 Å². The fraction of sp³-hybridized carbons (Fsp3) is 0.500. The van der Waals surface area contributed by atoms with E-state index in [0.29, 0.717) is 18.7 Å². The molecular weight excluding hydrogens is 316 g/mol. The summed E-state index contributed by atoms with van der Waals surface area (Å²) in [4.78, 5) is 24.2. The summed E-state index contributed by atoms with van der Waals surface area (Å²) in [6.07, 6.45) is -0.406. The van der Waals surface area contributed by atoms with E-state index in [2.05, 4.69) is 0 Å². The molecular formula is C12H16N2O5S2. The molecule has 0 aliphatic carbocycles. The van der Waals surface area contributed by atoms with Crippen LogP contribution < -0.4 is 0 Å². The largest absolute Gasteiger partial charge is 0.481 e. The van der Waals surface area contributed by atoms with Crippen LogP contribution in [-0.4, -0.2) is 66.5 Å². The van der Waals surface area contributed by atoms with Gasteiger partial charge in [0.05, 0.1) is 17.7 Å². The smallest absolute Gasteiger partial charge is 0.304 e. The highest BCUT2D eigenvalue weighted by molar-refractivity contribution is 7.89. The minimum atomic E-state index is -3.56. The van der Waals surface area contributed by atoms with Gasteiger partial charge in [0.25, 0.3) is 5.91 Å². The number of rotatable bonds is 5. The van der Waals surface area contributed by atoms with Crippen LogP contribution in [0.5, 0.6) is 0 Å². The topological polar surface area (TPSA) is 95.0 Å². The van der Waals surface area contributed by atoms with Gasteiger partial charge in [0.2, 0.25) is 10.0 Å². The van der Waals surface area contributed by atoms with E-state index >= 15 is 0 Å². The Morgan fingerprint density at radius 3 is 2.43 bits per heavy atom. The summed E-state index contributed by atoms with van der Waals surface area (Å²) >= 11 is 1.44. The van der Waals surface area contributed by atoms with Crippen LogP contribution in [0.1, 0.15) is 16.8 Å². The third-order valence-corrected chi connectivity index (χ3v) is 5.82. The number of piperazine rings is 1. The van der Waals surface area contributed by atoms with Crippen LogP contribution in [0.4, 0.5) is 0 Å². The first-order valence-corrected chi connectivity index (χ1v) is 8.96. The van der Waals surface area contributed by atoms with Crippen molar-refractivity contribution in [1.82, 2.24) is 9.21 Å². The fourth-order valence-corrected chi connectivity index (χ4v) is 4.12. The van der Waals surface area contributed by atoms with Crippen molar-refractivity contribution in [2.24, 2.45) is 0 Å². The predicted molar refractivity (Wildman–Crippen MR) is 77.8 cm³/mol. The zero-order valence-corrected chi connectivity index (χ0v) is 12.9. The molecule has 2 rings (SSSR count). The summed E-state index contributed by atoms with van der Waals surface area (Å²) in [6.45, 7) is 1.05. The van der Waals surface area contributed by atoms with Crippen molar-refractivity contribution < 1.29 is 23.1 Å². The van der Waals surface area contributed by atoms with E-state index in [-0.39, 0.29) is 19.0 Å². The summed E-state index contributed by atoms with van der Waals surface area (Å²) in [5.74, 6) is -1.63. The van der Waals surface area contributed by atoms with E-state index in [4.69, 9.17) is 5.11 Å². The molecule has 0 aromatic carbocycles. The molecule has 1 amide bonds. The molecule has 1 aliphatic heterocycles. The molecule has 9 heteroatoms. The second-order valence-electron chi connectivity index (χ2n) is 4.66. The number of carboxylic acid groups (broad SMARTS) is 1. The van der Waals surface area contributed by atoms with Crippen LogP contribution in [0.3, 0.4) is 0 Å². The second-order valence-corrected chi connectivity index (χ2v) is 7.53. The summed E-state index contributed by atoms with van der Waals surface area (Å²) < 4.78 is 25.2. The van der Waals surface area contributed by atoms with Crippen LogP contribution in [0.25, 0.3) is 0 Å². The Labute approximate surface area is 126 Å². The Bertz CT molecular complexity index is 604. The highest BCUT2D eigenvalue weighted by Gasteiger charge is 2.29. The van der Waals surface area contributed by atoms with Crippen LogP contribution in [0, 0.1) is 0 Å². The summed E-state index contributed by atoms with van der Waals surface area (Å²) in [6, 6.07) is 1.74. The summed E-state index contributed by atoms with van der Waals surface area (Å²) in [5, 5.41) is 12.1. The predicted octanol–water partition coefficient (Wildman–Crippen LogP) is 0.310. The SMILES string of the molecule is O=C(O)CCS(=O)(=O)N1CCN(C(=O)c2ccsc2)CC1. The number of hydrogen-bond donors (Lipinski definition) is 1. The average molecular weight is 332 g/mol. The lowest BCUT2D eigenvalue weighted by Gasteiger charge is -2.33. The average Bonchev–Trinajstić information content (AvgIpc) is 2.99. The van der Waals surface area contributed by atoms with E-state index in [0.717, 1.165) is 0 Å². The molecule has 0 radical (unpaired) electrons. The molecule has 1 N–H and O–H groups in total. The number of carbonyl (C=O) groups is 2. The zero-order chi connectivity index (χ0) is 15.5. The Morgan fingerprint density at radius 2 is 1.90 bits per heavy atom. The van der Waals surface area contributed by atoms with Crippen LogP contribution in [-0.2, 0) is 14.8 Å². The normalized spacial score (nSPS) is 16.9. The minimum Gasteiger partial charge on any atom is -0.481 e. The van der Waals surface area contributed by atoms with Crippen molar-refractivity contribution >= 4 is 33.2 Å². The van der Waals surface area contributed by atoms with Gasteiger partial charge in [-0.25, -0.2) is 8.42 Å². The Morgan fingerprint density at radius 1 is 1.24 bits per heavy atom. The van der Waals surface area contributed by atoms with Crippen molar-refractivity contribution in [2.45, 2.75) is 6.42 Å². The summed E-state index contributed by atoms with van der Waals surface area (Å²) in [7, 11) is -3.56. The molecule has 1 aliphatic rings. The number of hydrogen-bond acceptors (Lipinski definition) is 5. The first kappa shape index (κ1) is 15.9. The highest BCUT2D eigenvalue weighted by atomic mass is 32.2. The van der Waals surface area contributed by atoms with Gasteiger partial charge >= 0.3 is 5.97 Å². The molecule has 1 fully saturated rings. The third kappa shape index (κ3) is 4.02. The Kier molecular flexibility index (Phi) is 4.96. The molecule has 21 heavy (non-hydrogen) atoms. The maximum absolute atomic E-state index is 12.1. The molecule has 2 heterocycles. The van der Waals surface area contributed by atoms with Crippen molar-refractivity contribution in [2.75, 3.05) is 31.9 Å². The zero-order valence-electron chi connectivity index (χ0n) is 11.3.